The van der Waals surface area contributed by atoms with Crippen LogP contribution in [-0.4, -0.2) is 46.2 Å². The molecule has 1 aliphatic heterocycles. The molecule has 0 saturated carbocycles. The summed E-state index contributed by atoms with van der Waals surface area (Å²) in [5.41, 5.74) is 0.971. The molecule has 12 nitrogen and oxygen atoms in total. The van der Waals surface area contributed by atoms with Crippen LogP contribution in [0.3, 0.4) is 0 Å². The molecule has 1 aliphatic rings. The summed E-state index contributed by atoms with van der Waals surface area (Å²) >= 11 is 12.2. The van der Waals surface area contributed by atoms with Gasteiger partial charge in [-0.25, -0.2) is 14.4 Å². The van der Waals surface area contributed by atoms with E-state index >= 15 is 0 Å². The van der Waals surface area contributed by atoms with E-state index in [-0.39, 0.29) is 72.3 Å². The molecule has 0 spiro atoms. The standard InChI is InChI=1S/C18H14Cl2O7.C15H13NO4/c1-5-9-16(11(20)13(22)10(5)19)26-14-6(2)8(17(23)25-4)12(21)7(3)15(14)27-18(9)24;1-10(17)16-11-6-8-12(9-7-11)20-15(19)13-4-2-3-5-14(13)18/h21-22H,1-4H3;2-9,18H,1H3,(H,16,17). The summed E-state index contributed by atoms with van der Waals surface area (Å²) in [6.45, 7) is 5.84. The molecule has 0 radical (unpaired) electrons. The van der Waals surface area contributed by atoms with Crippen molar-refractivity contribution in [2.24, 2.45) is 0 Å². The van der Waals surface area contributed by atoms with Crippen LogP contribution in [0.4, 0.5) is 5.69 Å². The monoisotopic (exact) mass is 683 g/mol. The van der Waals surface area contributed by atoms with Gasteiger partial charge in [-0.05, 0) is 62.7 Å². The molecule has 0 unspecified atom stereocenters. The highest BCUT2D eigenvalue weighted by atomic mass is 35.5. The van der Waals surface area contributed by atoms with Crippen molar-refractivity contribution in [3.8, 4) is 40.2 Å². The third-order valence-electron chi connectivity index (χ3n) is 6.90. The number of esters is 3. The van der Waals surface area contributed by atoms with E-state index in [4.69, 9.17) is 42.1 Å². The first-order valence-electron chi connectivity index (χ1n) is 13.6. The number of ether oxygens (including phenoxy) is 4. The van der Waals surface area contributed by atoms with Crippen molar-refractivity contribution in [1.82, 2.24) is 0 Å². The van der Waals surface area contributed by atoms with Gasteiger partial charge in [-0.15, -0.1) is 0 Å². The lowest BCUT2D eigenvalue weighted by Gasteiger charge is -2.17. The Balaban J connectivity index is 0.000000223. The van der Waals surface area contributed by atoms with E-state index in [1.54, 1.807) is 36.4 Å². The Hall–Kier alpha value is -5.46. The van der Waals surface area contributed by atoms with E-state index in [2.05, 4.69) is 5.32 Å². The maximum atomic E-state index is 12.7. The smallest absolute Gasteiger partial charge is 0.347 e. The third kappa shape index (κ3) is 6.88. The average molecular weight is 684 g/mol. The van der Waals surface area contributed by atoms with Gasteiger partial charge in [0.2, 0.25) is 5.91 Å². The summed E-state index contributed by atoms with van der Waals surface area (Å²) in [5, 5.41) is 32.3. The van der Waals surface area contributed by atoms with Crippen molar-refractivity contribution < 1.29 is 53.4 Å². The van der Waals surface area contributed by atoms with Crippen LogP contribution in [0.1, 0.15) is 54.7 Å². The fourth-order valence-electron chi connectivity index (χ4n) is 4.50. The number of phenols is 3. The topological polar surface area (TPSA) is 178 Å². The molecule has 47 heavy (non-hydrogen) atoms. The maximum Gasteiger partial charge on any atom is 0.347 e. The first kappa shape index (κ1) is 34.4. The van der Waals surface area contributed by atoms with Crippen molar-refractivity contribution in [1.29, 1.82) is 0 Å². The first-order valence-corrected chi connectivity index (χ1v) is 14.4. The summed E-state index contributed by atoms with van der Waals surface area (Å²) < 4.78 is 21.0. The molecule has 5 rings (SSSR count). The molecule has 4 aromatic carbocycles. The Morgan fingerprint density at radius 3 is 1.98 bits per heavy atom. The number of halogens is 2. The number of anilines is 1. The Labute approximate surface area is 278 Å². The number of nitrogens with one attached hydrogen (secondary N) is 1. The highest BCUT2D eigenvalue weighted by molar-refractivity contribution is 6.39. The van der Waals surface area contributed by atoms with Gasteiger partial charge in [-0.3, -0.25) is 4.79 Å². The quantitative estimate of drug-likeness (QED) is 0.128. The van der Waals surface area contributed by atoms with Crippen molar-refractivity contribution in [2.45, 2.75) is 27.7 Å². The summed E-state index contributed by atoms with van der Waals surface area (Å²) in [4.78, 5) is 47.5. The van der Waals surface area contributed by atoms with Crippen molar-refractivity contribution in [3.63, 3.8) is 0 Å². The van der Waals surface area contributed by atoms with Gasteiger partial charge < -0.3 is 39.6 Å². The van der Waals surface area contributed by atoms with Gasteiger partial charge >= 0.3 is 17.9 Å². The summed E-state index contributed by atoms with van der Waals surface area (Å²) in [5.74, 6) is -3.36. The number of para-hydroxylation sites is 1. The highest BCUT2D eigenvalue weighted by Gasteiger charge is 2.35. The molecule has 0 fully saturated rings. The number of carbonyl (C=O) groups excluding carboxylic acids is 4. The molecule has 1 amide bonds. The van der Waals surface area contributed by atoms with Crippen LogP contribution < -0.4 is 19.5 Å². The number of hydrogen-bond acceptors (Lipinski definition) is 11. The number of benzene rings is 4. The zero-order valence-corrected chi connectivity index (χ0v) is 27.0. The van der Waals surface area contributed by atoms with Gasteiger partial charge in [-0.2, -0.15) is 0 Å². The van der Waals surface area contributed by atoms with Crippen LogP contribution in [0.15, 0.2) is 48.5 Å². The van der Waals surface area contributed by atoms with E-state index in [9.17, 15) is 34.5 Å². The Kier molecular flexibility index (Phi) is 10.2. The second kappa shape index (κ2) is 13.9. The molecule has 1 heterocycles. The van der Waals surface area contributed by atoms with Crippen LogP contribution in [0, 0.1) is 20.8 Å². The molecular formula is C33H27Cl2NO11. The van der Waals surface area contributed by atoms with E-state index in [0.717, 1.165) is 0 Å². The molecule has 0 aromatic heterocycles. The highest BCUT2D eigenvalue weighted by Crippen LogP contribution is 2.52. The molecule has 14 heteroatoms. The minimum absolute atomic E-state index is 0.0131. The molecule has 4 aromatic rings. The minimum atomic E-state index is -0.835. The Morgan fingerprint density at radius 2 is 1.38 bits per heavy atom. The van der Waals surface area contributed by atoms with Gasteiger partial charge in [0.15, 0.2) is 23.0 Å². The lowest BCUT2D eigenvalue weighted by Crippen LogP contribution is -2.11. The van der Waals surface area contributed by atoms with E-state index in [0.29, 0.717) is 11.4 Å². The van der Waals surface area contributed by atoms with Gasteiger partial charge in [0.25, 0.3) is 0 Å². The minimum Gasteiger partial charge on any atom is -0.507 e. The molecule has 0 bridgehead atoms. The number of carbonyl (C=O) groups is 4. The number of aromatic hydroxyl groups is 3. The molecule has 244 valence electrons. The lowest BCUT2D eigenvalue weighted by atomic mass is 10.0. The van der Waals surface area contributed by atoms with E-state index in [1.807, 2.05) is 0 Å². The summed E-state index contributed by atoms with van der Waals surface area (Å²) in [6.07, 6.45) is 0. The van der Waals surface area contributed by atoms with Gasteiger partial charge in [0.05, 0.1) is 12.1 Å². The fraction of sp³-hybridized carbons (Fsp3) is 0.152. The first-order chi connectivity index (χ1) is 22.2. The number of fused-ring (bicyclic) bond motifs is 2. The zero-order valence-electron chi connectivity index (χ0n) is 25.5. The van der Waals surface area contributed by atoms with Crippen molar-refractivity contribution >= 4 is 52.7 Å². The number of amides is 1. The Morgan fingerprint density at radius 1 is 0.766 bits per heavy atom. The van der Waals surface area contributed by atoms with Crippen LogP contribution in [0.2, 0.25) is 10.0 Å². The zero-order chi connectivity index (χ0) is 34.7. The van der Waals surface area contributed by atoms with Gasteiger partial charge in [-0.1, -0.05) is 35.3 Å². The van der Waals surface area contributed by atoms with Crippen LogP contribution in [0.25, 0.3) is 0 Å². The average Bonchev–Trinajstić information content (AvgIpc) is 3.19. The lowest BCUT2D eigenvalue weighted by molar-refractivity contribution is -0.114. The second-order valence-corrected chi connectivity index (χ2v) is 10.8. The predicted octanol–water partition coefficient (Wildman–Crippen LogP) is 7.01. The van der Waals surface area contributed by atoms with E-state index in [1.165, 1.54) is 46.9 Å². The Bertz CT molecular complexity index is 1940. The number of methoxy groups -OCH3 is 1. The van der Waals surface area contributed by atoms with E-state index < -0.39 is 29.4 Å². The molecular weight excluding hydrogens is 657 g/mol. The maximum absolute atomic E-state index is 12.7. The normalized spacial score (nSPS) is 11.3. The second-order valence-electron chi connectivity index (χ2n) is 10.0. The van der Waals surface area contributed by atoms with Crippen LogP contribution in [-0.2, 0) is 9.53 Å². The third-order valence-corrected chi connectivity index (χ3v) is 7.72. The van der Waals surface area contributed by atoms with Crippen LogP contribution >= 0.6 is 23.2 Å². The largest absolute Gasteiger partial charge is 0.507 e. The molecule has 0 saturated heterocycles. The summed E-state index contributed by atoms with van der Waals surface area (Å²) in [7, 11) is 1.17. The number of rotatable bonds is 4. The van der Waals surface area contributed by atoms with Gasteiger partial charge in [0.1, 0.15) is 39.0 Å². The van der Waals surface area contributed by atoms with Gasteiger partial charge in [0, 0.05) is 23.7 Å². The number of hydrogen-bond donors (Lipinski definition) is 4. The predicted molar refractivity (Wildman–Crippen MR) is 171 cm³/mol. The van der Waals surface area contributed by atoms with Crippen LogP contribution in [0.5, 0.6) is 40.2 Å². The fourth-order valence-corrected chi connectivity index (χ4v) is 4.97. The van der Waals surface area contributed by atoms with Crippen molar-refractivity contribution in [3.05, 3.63) is 92.0 Å². The van der Waals surface area contributed by atoms with Crippen molar-refractivity contribution in [2.75, 3.05) is 12.4 Å². The molecule has 0 atom stereocenters. The molecule has 4 N–H and O–H groups in total. The summed E-state index contributed by atoms with van der Waals surface area (Å²) in [6, 6.07) is 12.5. The SMILES string of the molecule is CC(=O)Nc1ccc(OC(=O)c2ccccc2O)cc1.COC(=O)c1c(C)c2c(c(C)c1O)OC(=O)c1c(C)c(Cl)c(O)c(Cl)c1O2. The molecule has 0 aliphatic carbocycles. The number of phenolic OH excluding ortho intramolecular Hbond substituents is 3.